The molecule has 3 aromatic carbocycles. The second-order valence-electron chi connectivity index (χ2n) is 10.0. The van der Waals surface area contributed by atoms with Gasteiger partial charge in [-0.15, -0.1) is 0 Å². The van der Waals surface area contributed by atoms with Crippen molar-refractivity contribution in [3.05, 3.63) is 71.8 Å². The van der Waals surface area contributed by atoms with E-state index in [4.69, 9.17) is 9.47 Å². The Bertz CT molecular complexity index is 1080. The Kier molecular flexibility index (Phi) is 11.6. The number of carbonyl (C=O) groups is 2. The monoisotopic (exact) mass is 514 g/mol. The van der Waals surface area contributed by atoms with Crippen molar-refractivity contribution in [2.24, 2.45) is 0 Å². The van der Waals surface area contributed by atoms with Gasteiger partial charge in [-0.25, -0.2) is 0 Å². The topological polar surface area (TPSA) is 52.6 Å². The number of carbonyl (C=O) groups excluding carboxylic acids is 2. The molecule has 0 unspecified atom stereocenters. The lowest BCUT2D eigenvalue weighted by atomic mass is 9.87. The molecule has 0 aliphatic carbocycles. The fourth-order valence-electron chi connectivity index (χ4n) is 4.86. The largest absolute Gasteiger partial charge is 0.427 e. The van der Waals surface area contributed by atoms with Crippen LogP contribution in [0.25, 0.3) is 22.3 Å². The second kappa shape index (κ2) is 15.1. The third-order valence-corrected chi connectivity index (χ3v) is 6.78. The predicted octanol–water partition coefficient (Wildman–Crippen LogP) is 9.12. The van der Waals surface area contributed by atoms with Crippen LogP contribution in [0.5, 0.6) is 11.5 Å². The van der Waals surface area contributed by atoms with Gasteiger partial charge in [0.1, 0.15) is 11.5 Å². The molecule has 0 saturated heterocycles. The van der Waals surface area contributed by atoms with Crippen LogP contribution in [0.4, 0.5) is 0 Å². The third kappa shape index (κ3) is 8.86. The van der Waals surface area contributed by atoms with Gasteiger partial charge in [0.05, 0.1) is 0 Å². The van der Waals surface area contributed by atoms with Crippen molar-refractivity contribution in [1.29, 1.82) is 0 Å². The minimum Gasteiger partial charge on any atom is -0.427 e. The minimum atomic E-state index is -0.312. The van der Waals surface area contributed by atoms with E-state index >= 15 is 0 Å². The summed E-state index contributed by atoms with van der Waals surface area (Å²) < 4.78 is 10.5. The van der Waals surface area contributed by atoms with Gasteiger partial charge < -0.3 is 9.47 Å². The van der Waals surface area contributed by atoms with Crippen LogP contribution in [0.3, 0.4) is 0 Å². The number of benzene rings is 3. The van der Waals surface area contributed by atoms with Crippen molar-refractivity contribution in [1.82, 2.24) is 0 Å². The molecular weight excluding hydrogens is 472 g/mol. The summed E-state index contributed by atoms with van der Waals surface area (Å²) >= 11 is 0. The van der Waals surface area contributed by atoms with Crippen LogP contribution >= 0.6 is 0 Å². The van der Waals surface area contributed by atoms with Crippen LogP contribution in [-0.2, 0) is 22.4 Å². The van der Waals surface area contributed by atoms with E-state index in [1.54, 1.807) is 0 Å². The molecule has 0 fully saturated rings. The number of aryl methyl sites for hydroxylation is 2. The van der Waals surface area contributed by atoms with Gasteiger partial charge in [0, 0.05) is 13.8 Å². The molecule has 0 aromatic heterocycles. The first-order chi connectivity index (χ1) is 18.4. The summed E-state index contributed by atoms with van der Waals surface area (Å²) in [5.74, 6) is 0.505. The van der Waals surface area contributed by atoms with Gasteiger partial charge in [0.2, 0.25) is 0 Å². The molecule has 0 saturated carbocycles. The summed E-state index contributed by atoms with van der Waals surface area (Å²) in [6.07, 6.45) is 11.6. The zero-order valence-electron chi connectivity index (χ0n) is 23.5. The lowest BCUT2D eigenvalue weighted by molar-refractivity contribution is -0.132. The number of ether oxygens (including phenoxy) is 2. The molecule has 0 aliphatic heterocycles. The summed E-state index contributed by atoms with van der Waals surface area (Å²) in [4.78, 5) is 22.8. The Morgan fingerprint density at radius 2 is 0.921 bits per heavy atom. The number of unbranched alkanes of at least 4 members (excludes halogenated alkanes) is 6. The second-order valence-corrected chi connectivity index (χ2v) is 10.0. The molecule has 4 heteroatoms. The van der Waals surface area contributed by atoms with E-state index in [2.05, 4.69) is 50.2 Å². The van der Waals surface area contributed by atoms with Crippen molar-refractivity contribution < 1.29 is 19.1 Å². The molecule has 0 radical (unpaired) electrons. The van der Waals surface area contributed by atoms with E-state index < -0.39 is 0 Å². The van der Waals surface area contributed by atoms with Crippen LogP contribution < -0.4 is 9.47 Å². The van der Waals surface area contributed by atoms with Gasteiger partial charge in [0.25, 0.3) is 0 Å². The van der Waals surface area contributed by atoms with E-state index in [1.165, 1.54) is 74.6 Å². The van der Waals surface area contributed by atoms with Gasteiger partial charge in [-0.05, 0) is 83.3 Å². The summed E-state index contributed by atoms with van der Waals surface area (Å²) in [6.45, 7) is 7.32. The number of rotatable bonds is 14. The van der Waals surface area contributed by atoms with Crippen molar-refractivity contribution in [3.63, 3.8) is 0 Å². The highest BCUT2D eigenvalue weighted by Crippen LogP contribution is 2.36. The molecule has 0 bridgehead atoms. The number of esters is 2. The standard InChI is InChI=1S/C34H42O4/c1-5-7-9-11-13-29-23-34(28-17-21-32(22-18-28)38-26(4)36)30(14-12-10-8-6-2)24-33(29)27-15-19-31(20-16-27)37-25(3)35/h15-24H,5-14H2,1-4H3. The average molecular weight is 515 g/mol. The first kappa shape index (κ1) is 29.2. The summed E-state index contributed by atoms with van der Waals surface area (Å²) in [6, 6.07) is 20.5. The lowest BCUT2D eigenvalue weighted by Crippen LogP contribution is -2.02. The van der Waals surface area contributed by atoms with Gasteiger partial charge in [-0.2, -0.15) is 0 Å². The molecule has 202 valence electrons. The molecule has 0 heterocycles. The minimum absolute atomic E-state index is 0.312. The maximum atomic E-state index is 11.4. The van der Waals surface area contributed by atoms with Crippen LogP contribution in [0, 0.1) is 0 Å². The summed E-state index contributed by atoms with van der Waals surface area (Å²) in [5.41, 5.74) is 7.44. The molecule has 0 N–H and O–H groups in total. The summed E-state index contributed by atoms with van der Waals surface area (Å²) in [5, 5.41) is 0. The normalized spacial score (nSPS) is 10.8. The zero-order valence-corrected chi connectivity index (χ0v) is 23.5. The molecule has 3 aromatic rings. The van der Waals surface area contributed by atoms with E-state index in [0.29, 0.717) is 11.5 Å². The van der Waals surface area contributed by atoms with Crippen LogP contribution in [0.15, 0.2) is 60.7 Å². The molecule has 4 nitrogen and oxygen atoms in total. The Hall–Kier alpha value is -3.40. The first-order valence-corrected chi connectivity index (χ1v) is 14.1. The highest BCUT2D eigenvalue weighted by Gasteiger charge is 2.14. The molecule has 0 spiro atoms. The Morgan fingerprint density at radius 1 is 0.553 bits per heavy atom. The quantitative estimate of drug-likeness (QED) is 0.122. The first-order valence-electron chi connectivity index (χ1n) is 14.1. The maximum Gasteiger partial charge on any atom is 0.308 e. The van der Waals surface area contributed by atoms with Crippen molar-refractivity contribution >= 4 is 11.9 Å². The lowest BCUT2D eigenvalue weighted by Gasteiger charge is -2.18. The number of hydrogen-bond donors (Lipinski definition) is 0. The van der Waals surface area contributed by atoms with Gasteiger partial charge in [0.15, 0.2) is 0 Å². The van der Waals surface area contributed by atoms with Crippen LogP contribution in [0.1, 0.15) is 90.2 Å². The molecular formula is C34H42O4. The third-order valence-electron chi connectivity index (χ3n) is 6.78. The van der Waals surface area contributed by atoms with Gasteiger partial charge >= 0.3 is 11.9 Å². The average Bonchev–Trinajstić information content (AvgIpc) is 2.89. The Balaban J connectivity index is 2.04. The predicted molar refractivity (Wildman–Crippen MR) is 156 cm³/mol. The SMILES string of the molecule is CCCCCCc1cc(-c2ccc(OC(C)=O)cc2)c(CCCCCC)cc1-c1ccc(OC(C)=O)cc1. The van der Waals surface area contributed by atoms with Gasteiger partial charge in [-0.3, -0.25) is 9.59 Å². The smallest absolute Gasteiger partial charge is 0.308 e. The molecule has 0 atom stereocenters. The fourth-order valence-corrected chi connectivity index (χ4v) is 4.86. The molecule has 3 rings (SSSR count). The Labute approximate surface area is 228 Å². The Morgan fingerprint density at radius 3 is 1.24 bits per heavy atom. The van der Waals surface area contributed by atoms with E-state index in [1.807, 2.05) is 24.3 Å². The van der Waals surface area contributed by atoms with Crippen LogP contribution in [0.2, 0.25) is 0 Å². The van der Waals surface area contributed by atoms with Crippen molar-refractivity contribution in [2.75, 3.05) is 0 Å². The van der Waals surface area contributed by atoms with Crippen molar-refractivity contribution in [2.45, 2.75) is 91.9 Å². The maximum absolute atomic E-state index is 11.4. The van der Waals surface area contributed by atoms with E-state index in [-0.39, 0.29) is 11.9 Å². The van der Waals surface area contributed by atoms with Crippen molar-refractivity contribution in [3.8, 4) is 33.8 Å². The molecule has 0 aliphatic rings. The molecule has 0 amide bonds. The van der Waals surface area contributed by atoms with E-state index in [9.17, 15) is 9.59 Å². The fraction of sp³-hybridized carbons (Fsp3) is 0.412. The van der Waals surface area contributed by atoms with Crippen LogP contribution in [-0.4, -0.2) is 11.9 Å². The molecule has 38 heavy (non-hydrogen) atoms. The van der Waals surface area contributed by atoms with Gasteiger partial charge in [-0.1, -0.05) is 88.8 Å². The zero-order chi connectivity index (χ0) is 27.3. The highest BCUT2D eigenvalue weighted by atomic mass is 16.5. The number of hydrogen-bond acceptors (Lipinski definition) is 4. The highest BCUT2D eigenvalue weighted by molar-refractivity contribution is 5.78. The summed E-state index contributed by atoms with van der Waals surface area (Å²) in [7, 11) is 0. The van der Waals surface area contributed by atoms with E-state index in [0.717, 1.165) is 36.8 Å².